The molecule has 0 spiro atoms. The minimum atomic E-state index is -0.919. The molecule has 0 radical (unpaired) electrons. The molecule has 2 aromatic carbocycles. The molecule has 2 aromatic rings. The predicted molar refractivity (Wildman–Crippen MR) is 95.1 cm³/mol. The maximum Gasteiger partial charge on any atom is 0.321 e. The van der Waals surface area contributed by atoms with Gasteiger partial charge in [0.05, 0.1) is 5.92 Å². The molecule has 0 saturated heterocycles. The first-order valence-corrected chi connectivity index (χ1v) is 7.79. The summed E-state index contributed by atoms with van der Waals surface area (Å²) in [5, 5.41) is 11.7. The predicted octanol–water partition coefficient (Wildman–Crippen LogP) is 3.85. The van der Waals surface area contributed by atoms with Gasteiger partial charge in [-0.05, 0) is 35.7 Å². The summed E-state index contributed by atoms with van der Waals surface area (Å²) in [4.78, 5) is 24.4. The number of benzene rings is 2. The van der Waals surface area contributed by atoms with Gasteiger partial charge in [-0.15, -0.1) is 0 Å². The molecular weight excluding hydrogens is 304 g/mol. The van der Waals surface area contributed by atoms with E-state index >= 15 is 0 Å². The van der Waals surface area contributed by atoms with Crippen molar-refractivity contribution in [3.8, 4) is 11.1 Å². The topological polar surface area (TPSA) is 69.6 Å². The average molecular weight is 326 g/mol. The SMILES string of the molecule is Cc1cc(NC(=O)N(C)CC(C)C(=O)O)ccc1-c1ccccc1. The van der Waals surface area contributed by atoms with E-state index in [1.807, 2.05) is 55.5 Å². The number of carboxylic acid groups (broad SMARTS) is 1. The molecule has 0 aliphatic heterocycles. The van der Waals surface area contributed by atoms with E-state index in [4.69, 9.17) is 5.11 Å². The van der Waals surface area contributed by atoms with Crippen LogP contribution in [0.2, 0.25) is 0 Å². The Labute approximate surface area is 141 Å². The van der Waals surface area contributed by atoms with Crippen molar-refractivity contribution in [1.29, 1.82) is 0 Å². The molecule has 24 heavy (non-hydrogen) atoms. The Morgan fingerprint density at radius 1 is 1.17 bits per heavy atom. The highest BCUT2D eigenvalue weighted by molar-refractivity contribution is 5.90. The van der Waals surface area contributed by atoms with E-state index in [1.54, 1.807) is 14.0 Å². The van der Waals surface area contributed by atoms with Crippen molar-refractivity contribution in [3.05, 3.63) is 54.1 Å². The number of carboxylic acids is 1. The Morgan fingerprint density at radius 3 is 2.42 bits per heavy atom. The number of anilines is 1. The first-order valence-electron chi connectivity index (χ1n) is 7.79. The van der Waals surface area contributed by atoms with E-state index in [9.17, 15) is 9.59 Å². The summed E-state index contributed by atoms with van der Waals surface area (Å²) < 4.78 is 0. The van der Waals surface area contributed by atoms with Gasteiger partial charge in [-0.3, -0.25) is 4.79 Å². The number of nitrogens with one attached hydrogen (secondary N) is 1. The highest BCUT2D eigenvalue weighted by Crippen LogP contribution is 2.25. The van der Waals surface area contributed by atoms with Crippen molar-refractivity contribution in [2.75, 3.05) is 18.9 Å². The highest BCUT2D eigenvalue weighted by atomic mass is 16.4. The molecule has 1 atom stereocenters. The van der Waals surface area contributed by atoms with Crippen molar-refractivity contribution in [1.82, 2.24) is 4.90 Å². The summed E-state index contributed by atoms with van der Waals surface area (Å²) in [6, 6.07) is 15.4. The number of aryl methyl sites for hydroxylation is 1. The van der Waals surface area contributed by atoms with Gasteiger partial charge in [0.15, 0.2) is 0 Å². The lowest BCUT2D eigenvalue weighted by molar-refractivity contribution is -0.141. The van der Waals surface area contributed by atoms with Crippen LogP contribution < -0.4 is 5.32 Å². The Bertz CT molecular complexity index is 729. The highest BCUT2D eigenvalue weighted by Gasteiger charge is 2.17. The van der Waals surface area contributed by atoms with Crippen LogP contribution in [-0.4, -0.2) is 35.6 Å². The molecule has 1 unspecified atom stereocenters. The fraction of sp³-hybridized carbons (Fsp3) is 0.263. The quantitative estimate of drug-likeness (QED) is 0.877. The number of hydrogen-bond donors (Lipinski definition) is 2. The van der Waals surface area contributed by atoms with Gasteiger partial charge >= 0.3 is 12.0 Å². The van der Waals surface area contributed by atoms with E-state index in [1.165, 1.54) is 4.90 Å². The van der Waals surface area contributed by atoms with Crippen LogP contribution in [0.25, 0.3) is 11.1 Å². The third-order valence-electron chi connectivity index (χ3n) is 3.88. The number of nitrogens with zero attached hydrogens (tertiary/aromatic N) is 1. The van der Waals surface area contributed by atoms with Crippen LogP contribution in [-0.2, 0) is 4.79 Å². The number of aliphatic carboxylic acids is 1. The van der Waals surface area contributed by atoms with Crippen LogP contribution in [0.15, 0.2) is 48.5 Å². The molecule has 2 rings (SSSR count). The molecule has 0 saturated carbocycles. The Kier molecular flexibility index (Phi) is 5.58. The van der Waals surface area contributed by atoms with Gasteiger partial charge in [0.1, 0.15) is 0 Å². The molecule has 5 heteroatoms. The minimum absolute atomic E-state index is 0.155. The third kappa shape index (κ3) is 4.35. The molecule has 2 amide bonds. The lowest BCUT2D eigenvalue weighted by atomic mass is 10.0. The number of hydrogen-bond acceptors (Lipinski definition) is 2. The molecule has 0 bridgehead atoms. The van der Waals surface area contributed by atoms with Gasteiger partial charge in [0, 0.05) is 19.3 Å². The molecular formula is C19H22N2O3. The first kappa shape index (κ1) is 17.5. The van der Waals surface area contributed by atoms with Crippen molar-refractivity contribution >= 4 is 17.7 Å². The maximum absolute atomic E-state index is 12.2. The third-order valence-corrected chi connectivity index (χ3v) is 3.88. The van der Waals surface area contributed by atoms with Gasteiger partial charge in [-0.2, -0.15) is 0 Å². The van der Waals surface area contributed by atoms with Crippen molar-refractivity contribution < 1.29 is 14.7 Å². The largest absolute Gasteiger partial charge is 0.481 e. The summed E-state index contributed by atoms with van der Waals surface area (Å²) in [6.45, 7) is 3.72. The van der Waals surface area contributed by atoms with Gasteiger partial charge in [0.25, 0.3) is 0 Å². The van der Waals surface area contributed by atoms with E-state index in [-0.39, 0.29) is 12.6 Å². The van der Waals surface area contributed by atoms with Crippen molar-refractivity contribution in [2.24, 2.45) is 5.92 Å². The standard InChI is InChI=1S/C19H22N2O3/c1-13-11-16(9-10-17(13)15-7-5-4-6-8-15)20-19(24)21(3)12-14(2)18(22)23/h4-11,14H,12H2,1-3H3,(H,20,24)(H,22,23). The zero-order valence-corrected chi connectivity index (χ0v) is 14.1. The first-order chi connectivity index (χ1) is 11.4. The van der Waals surface area contributed by atoms with Crippen LogP contribution in [0.3, 0.4) is 0 Å². The van der Waals surface area contributed by atoms with Crippen LogP contribution in [0.5, 0.6) is 0 Å². The smallest absolute Gasteiger partial charge is 0.321 e. The lowest BCUT2D eigenvalue weighted by Crippen LogP contribution is -2.36. The van der Waals surface area contributed by atoms with E-state index in [0.717, 1.165) is 16.7 Å². The zero-order chi connectivity index (χ0) is 17.7. The summed E-state index contributed by atoms with van der Waals surface area (Å²) in [5.74, 6) is -1.53. The van der Waals surface area contributed by atoms with Gasteiger partial charge in [-0.1, -0.05) is 43.3 Å². The molecule has 0 aromatic heterocycles. The Morgan fingerprint density at radius 2 is 1.83 bits per heavy atom. The zero-order valence-electron chi connectivity index (χ0n) is 14.1. The fourth-order valence-electron chi connectivity index (χ4n) is 2.47. The minimum Gasteiger partial charge on any atom is -0.481 e. The summed E-state index contributed by atoms with van der Waals surface area (Å²) in [7, 11) is 1.58. The maximum atomic E-state index is 12.2. The monoisotopic (exact) mass is 326 g/mol. The van der Waals surface area contributed by atoms with Gasteiger partial charge < -0.3 is 15.3 Å². The molecule has 5 nitrogen and oxygen atoms in total. The molecule has 0 aliphatic rings. The van der Waals surface area contributed by atoms with E-state index in [2.05, 4.69) is 5.32 Å². The number of amides is 2. The summed E-state index contributed by atoms with van der Waals surface area (Å²) in [6.07, 6.45) is 0. The molecule has 0 aliphatic carbocycles. The summed E-state index contributed by atoms with van der Waals surface area (Å²) >= 11 is 0. The van der Waals surface area contributed by atoms with Crippen LogP contribution in [0.1, 0.15) is 12.5 Å². The van der Waals surface area contributed by atoms with Gasteiger partial charge in [-0.25, -0.2) is 4.79 Å². The fourth-order valence-corrected chi connectivity index (χ4v) is 2.47. The van der Waals surface area contributed by atoms with Crippen LogP contribution >= 0.6 is 0 Å². The number of carbonyl (C=O) groups excluding carboxylic acids is 1. The normalized spacial score (nSPS) is 11.6. The van der Waals surface area contributed by atoms with E-state index in [0.29, 0.717) is 5.69 Å². The van der Waals surface area contributed by atoms with Gasteiger partial charge in [0.2, 0.25) is 0 Å². The van der Waals surface area contributed by atoms with Crippen LogP contribution in [0.4, 0.5) is 10.5 Å². The second-order valence-electron chi connectivity index (χ2n) is 5.95. The second-order valence-corrected chi connectivity index (χ2v) is 5.95. The van der Waals surface area contributed by atoms with Crippen molar-refractivity contribution in [2.45, 2.75) is 13.8 Å². The Hall–Kier alpha value is -2.82. The molecule has 0 heterocycles. The molecule has 126 valence electrons. The summed E-state index contributed by atoms with van der Waals surface area (Å²) in [5.41, 5.74) is 3.98. The molecule has 2 N–H and O–H groups in total. The van der Waals surface area contributed by atoms with Crippen molar-refractivity contribution in [3.63, 3.8) is 0 Å². The lowest BCUT2D eigenvalue weighted by Gasteiger charge is -2.20. The number of rotatable bonds is 5. The van der Waals surface area contributed by atoms with Crippen LogP contribution in [0, 0.1) is 12.8 Å². The second kappa shape index (κ2) is 7.64. The number of carbonyl (C=O) groups is 2. The number of urea groups is 1. The Balaban J connectivity index is 2.07. The average Bonchev–Trinajstić information content (AvgIpc) is 2.55. The van der Waals surface area contributed by atoms with E-state index < -0.39 is 11.9 Å². The molecule has 0 fully saturated rings.